The molecule has 12 rings (SSSR count). The third-order valence-electron chi connectivity index (χ3n) is 12.6. The maximum atomic E-state index is 9.88. The normalized spacial score (nSPS) is 15.1. The minimum absolute atomic E-state index is 0.217. The van der Waals surface area contributed by atoms with E-state index in [0.717, 1.165) is 93.2 Å². The molecule has 1 aliphatic rings. The van der Waals surface area contributed by atoms with Crippen LogP contribution in [0.25, 0.3) is 42.4 Å². The van der Waals surface area contributed by atoms with Crippen molar-refractivity contribution in [2.45, 2.75) is 5.41 Å². The molecule has 2 nitrogen and oxygen atoms in total. The fourth-order valence-electron chi connectivity index (χ4n) is 9.94. The maximum Gasteiger partial charge on any atom is 0.0720 e. The Morgan fingerprint density at radius 2 is 0.891 bits per heavy atom. The van der Waals surface area contributed by atoms with Crippen molar-refractivity contribution < 1.29 is 6.85 Å². The molecule has 10 aromatic carbocycles. The number of nitrogens with zero attached hydrogens (tertiary/aromatic N) is 2. The van der Waals surface area contributed by atoms with Crippen LogP contribution in [-0.4, -0.2) is 0 Å². The number of benzene rings is 10. The topological polar surface area (TPSA) is 6.48 Å². The first-order chi connectivity index (χ1) is 33.8. The summed E-state index contributed by atoms with van der Waals surface area (Å²) in [6.07, 6.45) is 0. The SMILES string of the molecule is [2H]c1c([2H])c([2H])c(C2(c3cccc4sc5ccccc5c34)c3ccc(N(c4ccccc4)c4ccccc4)cc3-c3cc(N(c4ccccc4)c4ccccc4-c4ccccc4)ccc32)c([2H])c1[2H]. The predicted molar refractivity (Wildman–Crippen MR) is 271 cm³/mol. The van der Waals surface area contributed by atoms with Gasteiger partial charge in [-0.3, -0.25) is 0 Å². The summed E-state index contributed by atoms with van der Waals surface area (Å²) >= 11 is 1.70. The van der Waals surface area contributed by atoms with E-state index in [9.17, 15) is 5.48 Å². The monoisotopic (exact) mass is 839 g/mol. The summed E-state index contributed by atoms with van der Waals surface area (Å²) < 4.78 is 49.2. The van der Waals surface area contributed by atoms with Gasteiger partial charge in [0.1, 0.15) is 0 Å². The molecule has 3 heteroatoms. The third kappa shape index (κ3) is 6.08. The highest BCUT2D eigenvalue weighted by Crippen LogP contribution is 2.60. The highest BCUT2D eigenvalue weighted by Gasteiger charge is 2.48. The van der Waals surface area contributed by atoms with Gasteiger partial charge in [0.05, 0.1) is 18.0 Å². The fraction of sp³-hybridized carbons (Fsp3) is 0.0164. The molecule has 0 aliphatic heterocycles. The molecule has 11 aromatic rings. The lowest BCUT2D eigenvalue weighted by Gasteiger charge is -2.35. The first kappa shape index (κ1) is 32.7. The molecular formula is C61H42N2S. The van der Waals surface area contributed by atoms with Gasteiger partial charge >= 0.3 is 0 Å². The van der Waals surface area contributed by atoms with Crippen LogP contribution in [0.15, 0.2) is 255 Å². The lowest BCUT2D eigenvalue weighted by atomic mass is 9.66. The van der Waals surface area contributed by atoms with E-state index >= 15 is 0 Å². The van der Waals surface area contributed by atoms with Crippen molar-refractivity contribution in [1.29, 1.82) is 0 Å². The molecule has 0 N–H and O–H groups in total. The van der Waals surface area contributed by atoms with Crippen LogP contribution in [0.5, 0.6) is 0 Å². The van der Waals surface area contributed by atoms with Crippen LogP contribution in [0.4, 0.5) is 34.1 Å². The van der Waals surface area contributed by atoms with Gasteiger partial charge in [-0.15, -0.1) is 11.3 Å². The van der Waals surface area contributed by atoms with Crippen molar-refractivity contribution in [3.05, 3.63) is 277 Å². The van der Waals surface area contributed by atoms with Crippen LogP contribution < -0.4 is 9.80 Å². The van der Waals surface area contributed by atoms with Crippen LogP contribution in [0.2, 0.25) is 0 Å². The quantitative estimate of drug-likeness (QED) is 0.143. The van der Waals surface area contributed by atoms with E-state index in [-0.39, 0.29) is 29.7 Å². The average Bonchev–Trinajstić information content (AvgIpc) is 3.93. The number of anilines is 6. The predicted octanol–water partition coefficient (Wildman–Crippen LogP) is 17.0. The van der Waals surface area contributed by atoms with Crippen LogP contribution >= 0.6 is 11.3 Å². The molecule has 1 aromatic heterocycles. The lowest BCUT2D eigenvalue weighted by molar-refractivity contribution is 0.777. The summed E-state index contributed by atoms with van der Waals surface area (Å²) in [5.41, 5.74) is 11.0. The lowest BCUT2D eigenvalue weighted by Crippen LogP contribution is -2.29. The highest BCUT2D eigenvalue weighted by atomic mass is 32.1. The van der Waals surface area contributed by atoms with Crippen molar-refractivity contribution in [2.24, 2.45) is 0 Å². The van der Waals surface area contributed by atoms with E-state index < -0.39 is 11.5 Å². The largest absolute Gasteiger partial charge is 0.310 e. The Balaban J connectivity index is 1.23. The van der Waals surface area contributed by atoms with Gasteiger partial charge in [0.25, 0.3) is 0 Å². The molecule has 64 heavy (non-hydrogen) atoms. The molecule has 1 aliphatic carbocycles. The van der Waals surface area contributed by atoms with E-state index in [4.69, 9.17) is 1.37 Å². The van der Waals surface area contributed by atoms with Crippen LogP contribution in [0.3, 0.4) is 0 Å². The Hall–Kier alpha value is -7.98. The van der Waals surface area contributed by atoms with Crippen molar-refractivity contribution in [3.63, 3.8) is 0 Å². The van der Waals surface area contributed by atoms with Crippen LogP contribution in [-0.2, 0) is 5.41 Å². The minimum Gasteiger partial charge on any atom is -0.310 e. The van der Waals surface area contributed by atoms with E-state index in [1.54, 1.807) is 11.3 Å². The summed E-state index contributed by atoms with van der Waals surface area (Å²) in [5, 5.41) is 2.05. The maximum absolute atomic E-state index is 9.88. The van der Waals surface area contributed by atoms with Gasteiger partial charge in [0, 0.05) is 54.2 Å². The number of thiophene rings is 1. The van der Waals surface area contributed by atoms with Crippen LogP contribution in [0.1, 0.15) is 29.1 Å². The zero-order chi connectivity index (χ0) is 46.8. The van der Waals surface area contributed by atoms with Crippen molar-refractivity contribution in [2.75, 3.05) is 9.80 Å². The van der Waals surface area contributed by atoms with E-state index in [2.05, 4.69) is 174 Å². The molecule has 0 bridgehead atoms. The molecule has 1 atom stereocenters. The van der Waals surface area contributed by atoms with Gasteiger partial charge < -0.3 is 9.80 Å². The van der Waals surface area contributed by atoms with E-state index in [1.807, 2.05) is 60.7 Å². The average molecular weight is 840 g/mol. The van der Waals surface area contributed by atoms with Crippen molar-refractivity contribution in [1.82, 2.24) is 0 Å². The number of rotatable bonds is 9. The first-order valence-electron chi connectivity index (χ1n) is 24.0. The van der Waals surface area contributed by atoms with E-state index in [0.29, 0.717) is 0 Å². The molecular weight excluding hydrogens is 793 g/mol. The van der Waals surface area contributed by atoms with Crippen molar-refractivity contribution >= 4 is 65.6 Å². The van der Waals surface area contributed by atoms with E-state index in [1.165, 1.54) is 0 Å². The number of hydrogen-bond acceptors (Lipinski definition) is 3. The third-order valence-corrected chi connectivity index (χ3v) is 13.7. The van der Waals surface area contributed by atoms with Gasteiger partial charge in [-0.2, -0.15) is 0 Å². The summed E-state index contributed by atoms with van der Waals surface area (Å²) in [4.78, 5) is 4.54. The standard InChI is InChI=1S/C61H42N2S/c1-6-21-43(22-7-1)50-31-16-18-34-57(50)63(47-29-14-5-15-30-47)49-38-40-55-53(42-49)52-41-48(62(45-25-10-3-11-26-45)46-27-12-4-13-28-46)37-39-54(52)61(55,44-23-8-2-9-24-44)56-33-20-36-59-60(56)51-32-17-19-35-58(51)64-59/h1-42H/i2D,8D,9D,23D,24D. The zero-order valence-corrected chi connectivity index (χ0v) is 35.5. The molecule has 302 valence electrons. The van der Waals surface area contributed by atoms with Crippen molar-refractivity contribution in [3.8, 4) is 22.3 Å². The number of para-hydroxylation sites is 4. The molecule has 0 spiro atoms. The molecule has 1 unspecified atom stereocenters. The molecule has 0 fully saturated rings. The molecule has 0 radical (unpaired) electrons. The van der Waals surface area contributed by atoms with Gasteiger partial charge in [-0.25, -0.2) is 0 Å². The number of fused-ring (bicyclic) bond motifs is 6. The van der Waals surface area contributed by atoms with Gasteiger partial charge in [-0.05, 0) is 118 Å². The summed E-state index contributed by atoms with van der Waals surface area (Å²) in [6.45, 7) is 0. The Bertz CT molecular complexity index is 3680. The first-order valence-corrected chi connectivity index (χ1v) is 22.3. The Kier molecular flexibility index (Phi) is 8.04. The van der Waals surface area contributed by atoms with Crippen LogP contribution in [0, 0.1) is 0 Å². The Morgan fingerprint density at radius 3 is 1.53 bits per heavy atom. The summed E-state index contributed by atoms with van der Waals surface area (Å²) in [6, 6.07) is 75.9. The molecule has 0 amide bonds. The second-order valence-corrected chi connectivity index (χ2v) is 17.1. The molecule has 0 saturated carbocycles. The van der Waals surface area contributed by atoms with Gasteiger partial charge in [0.2, 0.25) is 0 Å². The molecule has 0 saturated heterocycles. The van der Waals surface area contributed by atoms with Gasteiger partial charge in [0.15, 0.2) is 0 Å². The smallest absolute Gasteiger partial charge is 0.0720 e. The fourth-order valence-corrected chi connectivity index (χ4v) is 11.1. The Labute approximate surface area is 385 Å². The number of hydrogen-bond donors (Lipinski definition) is 0. The highest BCUT2D eigenvalue weighted by molar-refractivity contribution is 7.25. The minimum atomic E-state index is -1.37. The van der Waals surface area contributed by atoms with Gasteiger partial charge in [-0.1, -0.05) is 176 Å². The zero-order valence-electron chi connectivity index (χ0n) is 39.7. The second-order valence-electron chi connectivity index (χ2n) is 16.0. The second kappa shape index (κ2) is 15.7. The summed E-state index contributed by atoms with van der Waals surface area (Å²) in [5.74, 6) is 0. The summed E-state index contributed by atoms with van der Waals surface area (Å²) in [7, 11) is 0. The molecule has 1 heterocycles. The Morgan fingerprint density at radius 1 is 0.375 bits per heavy atom.